The molecule has 14 heavy (non-hydrogen) atoms. The first-order chi connectivity index (χ1) is 6.54. The van der Waals surface area contributed by atoms with Crippen molar-refractivity contribution in [2.45, 2.75) is 26.8 Å². The summed E-state index contributed by atoms with van der Waals surface area (Å²) in [4.78, 5) is 11.6. The van der Waals surface area contributed by atoms with Gasteiger partial charge >= 0.3 is 0 Å². The van der Waals surface area contributed by atoms with Crippen molar-refractivity contribution in [2.24, 2.45) is 0 Å². The summed E-state index contributed by atoms with van der Waals surface area (Å²) >= 11 is 5.59. The number of furan rings is 1. The Labute approximate surface area is 88.4 Å². The minimum absolute atomic E-state index is 0.0289. The van der Waals surface area contributed by atoms with Crippen LogP contribution < -0.4 is 5.32 Å². The Morgan fingerprint density at radius 2 is 2.29 bits per heavy atom. The highest BCUT2D eigenvalue weighted by molar-refractivity contribution is 6.18. The third-order valence-corrected chi connectivity index (χ3v) is 2.36. The molecule has 1 atom stereocenters. The van der Waals surface area contributed by atoms with E-state index in [1.54, 1.807) is 13.0 Å². The first kappa shape index (κ1) is 11.1. The molecule has 0 saturated heterocycles. The van der Waals surface area contributed by atoms with Crippen LogP contribution in [0.15, 0.2) is 10.5 Å². The van der Waals surface area contributed by atoms with Crippen molar-refractivity contribution in [2.75, 3.05) is 5.88 Å². The highest BCUT2D eigenvalue weighted by Crippen LogP contribution is 2.13. The second kappa shape index (κ2) is 4.51. The van der Waals surface area contributed by atoms with Gasteiger partial charge in [0.05, 0.1) is 5.56 Å². The van der Waals surface area contributed by atoms with Crippen LogP contribution in [0.1, 0.15) is 28.8 Å². The van der Waals surface area contributed by atoms with Crippen LogP contribution in [0.3, 0.4) is 0 Å². The molecule has 0 fully saturated rings. The SMILES string of the molecule is Cc1cc(C(=O)NC(C)CCl)c(C)o1. The molecular weight excluding hydrogens is 202 g/mol. The molecule has 78 valence electrons. The lowest BCUT2D eigenvalue weighted by atomic mass is 10.2. The highest BCUT2D eigenvalue weighted by atomic mass is 35.5. The molecule has 1 unspecified atom stereocenters. The van der Waals surface area contributed by atoms with Gasteiger partial charge in [0.25, 0.3) is 5.91 Å². The van der Waals surface area contributed by atoms with Crippen LogP contribution in [-0.4, -0.2) is 17.8 Å². The van der Waals surface area contributed by atoms with Crippen LogP contribution >= 0.6 is 11.6 Å². The Kier molecular flexibility index (Phi) is 3.58. The monoisotopic (exact) mass is 215 g/mol. The van der Waals surface area contributed by atoms with Gasteiger partial charge in [0, 0.05) is 11.9 Å². The summed E-state index contributed by atoms with van der Waals surface area (Å²) in [7, 11) is 0. The summed E-state index contributed by atoms with van der Waals surface area (Å²) in [6.07, 6.45) is 0. The fourth-order valence-corrected chi connectivity index (χ4v) is 1.27. The molecule has 0 saturated carbocycles. The van der Waals surface area contributed by atoms with Gasteiger partial charge in [0.2, 0.25) is 0 Å². The summed E-state index contributed by atoms with van der Waals surface area (Å²) < 4.78 is 5.26. The van der Waals surface area contributed by atoms with E-state index in [9.17, 15) is 4.79 Å². The maximum Gasteiger partial charge on any atom is 0.255 e. The lowest BCUT2D eigenvalue weighted by Gasteiger charge is -2.09. The van der Waals surface area contributed by atoms with E-state index >= 15 is 0 Å². The average Bonchev–Trinajstić information content (AvgIpc) is 2.45. The molecule has 1 heterocycles. The molecule has 0 aliphatic carbocycles. The van der Waals surface area contributed by atoms with Crippen LogP contribution in [0.2, 0.25) is 0 Å². The van der Waals surface area contributed by atoms with Gasteiger partial charge in [-0.2, -0.15) is 0 Å². The van der Waals surface area contributed by atoms with Crippen LogP contribution in [0.4, 0.5) is 0 Å². The number of carbonyl (C=O) groups is 1. The number of aryl methyl sites for hydroxylation is 2. The topological polar surface area (TPSA) is 42.2 Å². The second-order valence-electron chi connectivity index (χ2n) is 3.36. The molecule has 0 aliphatic rings. The van der Waals surface area contributed by atoms with Gasteiger partial charge in [-0.25, -0.2) is 0 Å². The van der Waals surface area contributed by atoms with Crippen LogP contribution in [0, 0.1) is 13.8 Å². The summed E-state index contributed by atoms with van der Waals surface area (Å²) in [5.41, 5.74) is 0.583. The fourth-order valence-electron chi connectivity index (χ4n) is 1.20. The molecule has 1 aromatic heterocycles. The smallest absolute Gasteiger partial charge is 0.255 e. The Morgan fingerprint density at radius 1 is 1.64 bits per heavy atom. The Hall–Kier alpha value is -0.960. The lowest BCUT2D eigenvalue weighted by Crippen LogP contribution is -2.33. The van der Waals surface area contributed by atoms with Gasteiger partial charge in [-0.15, -0.1) is 11.6 Å². The lowest BCUT2D eigenvalue weighted by molar-refractivity contribution is 0.0942. The van der Waals surface area contributed by atoms with Crippen molar-refractivity contribution >= 4 is 17.5 Å². The minimum Gasteiger partial charge on any atom is -0.466 e. The van der Waals surface area contributed by atoms with Gasteiger partial charge in [0.15, 0.2) is 0 Å². The van der Waals surface area contributed by atoms with E-state index in [0.29, 0.717) is 17.2 Å². The average molecular weight is 216 g/mol. The molecule has 1 rings (SSSR count). The number of hydrogen-bond donors (Lipinski definition) is 1. The van der Waals surface area contributed by atoms with Crippen molar-refractivity contribution in [3.63, 3.8) is 0 Å². The van der Waals surface area contributed by atoms with Crippen molar-refractivity contribution in [1.29, 1.82) is 0 Å². The second-order valence-corrected chi connectivity index (χ2v) is 3.66. The maximum absolute atomic E-state index is 11.6. The zero-order valence-electron chi connectivity index (χ0n) is 8.56. The third kappa shape index (κ3) is 2.51. The number of carbonyl (C=O) groups excluding carboxylic acids is 1. The van der Waals surface area contributed by atoms with Gasteiger partial charge in [0.1, 0.15) is 11.5 Å². The number of rotatable bonds is 3. The van der Waals surface area contributed by atoms with E-state index in [4.69, 9.17) is 16.0 Å². The van der Waals surface area contributed by atoms with Crippen molar-refractivity contribution in [3.05, 3.63) is 23.2 Å². The molecule has 0 bridgehead atoms. The van der Waals surface area contributed by atoms with Crippen LogP contribution in [0.25, 0.3) is 0 Å². The number of nitrogens with one attached hydrogen (secondary N) is 1. The molecule has 3 nitrogen and oxygen atoms in total. The predicted octanol–water partition coefficient (Wildman–Crippen LogP) is 2.25. The first-order valence-corrected chi connectivity index (χ1v) is 5.02. The van der Waals surface area contributed by atoms with E-state index in [1.165, 1.54) is 0 Å². The van der Waals surface area contributed by atoms with Crippen LogP contribution in [0.5, 0.6) is 0 Å². The van der Waals surface area contributed by atoms with Crippen molar-refractivity contribution < 1.29 is 9.21 Å². The van der Waals surface area contributed by atoms with E-state index in [2.05, 4.69) is 5.32 Å². The molecule has 1 aromatic rings. The summed E-state index contributed by atoms with van der Waals surface area (Å²) in [5, 5.41) is 2.77. The number of amides is 1. The van der Waals surface area contributed by atoms with Gasteiger partial charge in [-0.1, -0.05) is 0 Å². The quantitative estimate of drug-likeness (QED) is 0.786. The number of alkyl halides is 1. The first-order valence-electron chi connectivity index (χ1n) is 4.48. The third-order valence-electron chi connectivity index (χ3n) is 1.89. The van der Waals surface area contributed by atoms with E-state index in [-0.39, 0.29) is 11.9 Å². The van der Waals surface area contributed by atoms with Gasteiger partial charge in [-0.3, -0.25) is 4.79 Å². The molecular formula is C10H14ClNO2. The van der Waals surface area contributed by atoms with Gasteiger partial charge < -0.3 is 9.73 Å². The molecule has 0 aromatic carbocycles. The normalized spacial score (nSPS) is 12.6. The number of hydrogen-bond acceptors (Lipinski definition) is 2. The summed E-state index contributed by atoms with van der Waals surface area (Å²) in [5.74, 6) is 1.65. The largest absolute Gasteiger partial charge is 0.466 e. The van der Waals surface area contributed by atoms with E-state index in [0.717, 1.165) is 5.76 Å². The molecule has 1 amide bonds. The van der Waals surface area contributed by atoms with Gasteiger partial charge in [-0.05, 0) is 26.8 Å². The van der Waals surface area contributed by atoms with Crippen molar-refractivity contribution in [1.82, 2.24) is 5.32 Å². The van der Waals surface area contributed by atoms with E-state index in [1.807, 2.05) is 13.8 Å². The maximum atomic E-state index is 11.6. The highest BCUT2D eigenvalue weighted by Gasteiger charge is 2.14. The summed E-state index contributed by atoms with van der Waals surface area (Å²) in [6.45, 7) is 5.44. The zero-order chi connectivity index (χ0) is 10.7. The molecule has 0 aliphatic heterocycles. The van der Waals surface area contributed by atoms with Crippen molar-refractivity contribution in [3.8, 4) is 0 Å². The number of halogens is 1. The molecule has 0 radical (unpaired) electrons. The van der Waals surface area contributed by atoms with E-state index < -0.39 is 0 Å². The molecule has 4 heteroatoms. The Bertz CT molecular complexity index is 333. The molecule has 0 spiro atoms. The van der Waals surface area contributed by atoms with Crippen LogP contribution in [-0.2, 0) is 0 Å². The standard InChI is InChI=1S/C10H14ClNO2/c1-6(5-11)12-10(13)9-4-7(2)14-8(9)3/h4,6H,5H2,1-3H3,(H,12,13). The Balaban J connectivity index is 2.74. The minimum atomic E-state index is -0.132. The predicted molar refractivity (Wildman–Crippen MR) is 55.8 cm³/mol. The Morgan fingerprint density at radius 3 is 2.71 bits per heavy atom. The fraction of sp³-hybridized carbons (Fsp3) is 0.500. The molecule has 1 N–H and O–H groups in total. The summed E-state index contributed by atoms with van der Waals surface area (Å²) in [6, 6.07) is 1.70. The zero-order valence-corrected chi connectivity index (χ0v) is 9.31.